The molecule has 0 aliphatic carbocycles. The van der Waals surface area contributed by atoms with Gasteiger partial charge in [-0.3, -0.25) is 0 Å². The van der Waals surface area contributed by atoms with Crippen LogP contribution in [0.4, 0.5) is 0 Å². The van der Waals surface area contributed by atoms with Crippen molar-refractivity contribution in [1.82, 2.24) is 0 Å². The van der Waals surface area contributed by atoms with Crippen LogP contribution in [0, 0.1) is 17.9 Å². The van der Waals surface area contributed by atoms with E-state index in [2.05, 4.69) is 11.4 Å². The number of hydrogen-bond acceptors (Lipinski definition) is 4. The summed E-state index contributed by atoms with van der Waals surface area (Å²) < 4.78 is 24.2. The molecule has 20 heavy (non-hydrogen) atoms. The summed E-state index contributed by atoms with van der Waals surface area (Å²) in [4.78, 5) is 13.4. The first-order valence-electron chi connectivity index (χ1n) is 5.18. The van der Waals surface area contributed by atoms with Crippen LogP contribution in [0.15, 0.2) is 40.3 Å². The van der Waals surface area contributed by atoms with Crippen LogP contribution in [0.25, 0.3) is 10.4 Å². The van der Waals surface area contributed by atoms with E-state index in [1.807, 2.05) is 0 Å². The van der Waals surface area contributed by atoms with Gasteiger partial charge in [0.05, 0.1) is 28.0 Å². The smallest absolute Gasteiger partial charge is 0.335 e. The summed E-state index contributed by atoms with van der Waals surface area (Å²) in [5, 5.41) is 17.8. The van der Waals surface area contributed by atoms with E-state index in [1.54, 1.807) is 6.07 Å². The zero-order valence-electron chi connectivity index (χ0n) is 9.91. The second-order valence-electron chi connectivity index (χ2n) is 3.89. The van der Waals surface area contributed by atoms with Crippen LogP contribution in [0.1, 0.15) is 15.9 Å². The Bertz CT molecular complexity index is 864. The molecule has 1 N–H and O–H groups in total. The number of nitrogens with zero attached hydrogens (tertiary/aromatic N) is 2. The Morgan fingerprint density at radius 2 is 2.10 bits per heavy atom. The molecule has 1 aliphatic rings. The monoisotopic (exact) mass is 286 g/mol. The summed E-state index contributed by atoms with van der Waals surface area (Å²) in [5.41, 5.74) is -0.656. The SMILES string of the molecule is [C-]#[N+]/C(C#N)=C1\C(=C)S(=O)(=O)c2ccc(C(=O)O)cc21. The van der Waals surface area contributed by atoms with Gasteiger partial charge in [-0.05, 0) is 23.8 Å². The predicted octanol–water partition coefficient (Wildman–Crippen LogP) is 1.84. The van der Waals surface area contributed by atoms with Gasteiger partial charge in [0.25, 0.3) is 5.70 Å². The average molecular weight is 286 g/mol. The maximum atomic E-state index is 12.1. The van der Waals surface area contributed by atoms with Crippen LogP contribution >= 0.6 is 0 Å². The minimum atomic E-state index is -3.88. The first-order chi connectivity index (χ1) is 9.34. The Labute approximate surface area is 114 Å². The quantitative estimate of drug-likeness (QED) is 0.627. The van der Waals surface area contributed by atoms with E-state index in [0.717, 1.165) is 18.2 Å². The number of carboxylic acids is 1. The van der Waals surface area contributed by atoms with Crippen molar-refractivity contribution in [3.05, 3.63) is 57.9 Å². The number of benzene rings is 1. The number of carbonyl (C=O) groups is 1. The van der Waals surface area contributed by atoms with Gasteiger partial charge in [0, 0.05) is 5.57 Å². The lowest BCUT2D eigenvalue weighted by Gasteiger charge is -2.01. The molecule has 7 heteroatoms. The summed E-state index contributed by atoms with van der Waals surface area (Å²) in [6.45, 7) is 10.3. The molecule has 6 nitrogen and oxygen atoms in total. The van der Waals surface area contributed by atoms with Crippen molar-refractivity contribution >= 4 is 21.4 Å². The molecule has 1 heterocycles. The average Bonchev–Trinajstić information content (AvgIpc) is 2.61. The highest BCUT2D eigenvalue weighted by molar-refractivity contribution is 7.96. The van der Waals surface area contributed by atoms with Crippen LogP contribution in [0.5, 0.6) is 0 Å². The first-order valence-corrected chi connectivity index (χ1v) is 6.66. The minimum Gasteiger partial charge on any atom is -0.478 e. The van der Waals surface area contributed by atoms with Crippen molar-refractivity contribution < 1.29 is 18.3 Å². The fourth-order valence-electron chi connectivity index (χ4n) is 1.91. The van der Waals surface area contributed by atoms with Crippen molar-refractivity contribution in [3.63, 3.8) is 0 Å². The number of fused-ring (bicyclic) bond motifs is 1. The van der Waals surface area contributed by atoms with Gasteiger partial charge in [-0.2, -0.15) is 0 Å². The number of allylic oxidation sites excluding steroid dienone is 2. The molecule has 0 amide bonds. The Morgan fingerprint density at radius 1 is 1.45 bits per heavy atom. The van der Waals surface area contributed by atoms with Crippen LogP contribution in [0.2, 0.25) is 0 Å². The molecule has 0 saturated heterocycles. The molecule has 2 rings (SSSR count). The molecule has 1 aliphatic heterocycles. The lowest BCUT2D eigenvalue weighted by atomic mass is 10.0. The van der Waals surface area contributed by atoms with Crippen LogP contribution in [-0.4, -0.2) is 19.5 Å². The molecule has 0 aromatic heterocycles. The van der Waals surface area contributed by atoms with Crippen LogP contribution < -0.4 is 0 Å². The minimum absolute atomic E-state index is 0.0300. The highest BCUT2D eigenvalue weighted by Crippen LogP contribution is 2.44. The third-order valence-corrected chi connectivity index (χ3v) is 4.63. The van der Waals surface area contributed by atoms with Crippen molar-refractivity contribution in [2.45, 2.75) is 4.90 Å². The number of aromatic carboxylic acids is 1. The van der Waals surface area contributed by atoms with Crippen LogP contribution in [-0.2, 0) is 9.84 Å². The van der Waals surface area contributed by atoms with Crippen molar-refractivity contribution in [2.75, 3.05) is 0 Å². The van der Waals surface area contributed by atoms with Crippen molar-refractivity contribution in [3.8, 4) is 6.07 Å². The van der Waals surface area contributed by atoms with Gasteiger partial charge in [0.1, 0.15) is 0 Å². The Morgan fingerprint density at radius 3 is 2.60 bits per heavy atom. The first kappa shape index (κ1) is 13.5. The van der Waals surface area contributed by atoms with Gasteiger partial charge in [-0.25, -0.2) is 23.3 Å². The van der Waals surface area contributed by atoms with E-state index in [1.165, 1.54) is 0 Å². The van der Waals surface area contributed by atoms with E-state index < -0.39 is 21.5 Å². The molecular weight excluding hydrogens is 280 g/mol. The number of carboxylic acid groups (broad SMARTS) is 1. The van der Waals surface area contributed by atoms with Gasteiger partial charge in [0.2, 0.25) is 9.84 Å². The van der Waals surface area contributed by atoms with Gasteiger partial charge in [-0.15, -0.1) is 0 Å². The zero-order valence-corrected chi connectivity index (χ0v) is 10.7. The summed E-state index contributed by atoms with van der Waals surface area (Å²) >= 11 is 0. The maximum Gasteiger partial charge on any atom is 0.335 e. The lowest BCUT2D eigenvalue weighted by molar-refractivity contribution is 0.0696. The summed E-state index contributed by atoms with van der Waals surface area (Å²) in [7, 11) is -3.88. The van der Waals surface area contributed by atoms with E-state index in [4.69, 9.17) is 16.9 Å². The third-order valence-electron chi connectivity index (χ3n) is 2.84. The summed E-state index contributed by atoms with van der Waals surface area (Å²) in [5.74, 6) is -1.23. The molecule has 1 aromatic rings. The van der Waals surface area contributed by atoms with E-state index in [9.17, 15) is 13.2 Å². The summed E-state index contributed by atoms with van der Waals surface area (Å²) in [6.07, 6.45) is 0. The second kappa shape index (κ2) is 4.34. The molecule has 0 unspecified atom stereocenters. The molecule has 0 atom stereocenters. The Hall–Kier alpha value is -2.90. The van der Waals surface area contributed by atoms with Crippen molar-refractivity contribution in [2.24, 2.45) is 0 Å². The molecule has 0 saturated carbocycles. The lowest BCUT2D eigenvalue weighted by Crippen LogP contribution is -1.99. The molecule has 0 spiro atoms. The van der Waals surface area contributed by atoms with Crippen molar-refractivity contribution in [1.29, 1.82) is 5.26 Å². The zero-order chi connectivity index (χ0) is 15.1. The van der Waals surface area contributed by atoms with Gasteiger partial charge >= 0.3 is 5.97 Å². The molecule has 1 aromatic carbocycles. The molecule has 0 radical (unpaired) electrons. The maximum absolute atomic E-state index is 12.1. The molecule has 98 valence electrons. The predicted molar refractivity (Wildman–Crippen MR) is 68.9 cm³/mol. The fraction of sp³-hybridized carbons (Fsp3) is 0. The highest BCUT2D eigenvalue weighted by Gasteiger charge is 2.37. The number of sulfone groups is 1. The number of rotatable bonds is 1. The van der Waals surface area contributed by atoms with Gasteiger partial charge < -0.3 is 5.11 Å². The number of nitriles is 1. The number of hydrogen-bond donors (Lipinski definition) is 1. The largest absolute Gasteiger partial charge is 0.478 e. The Balaban J connectivity index is 2.95. The van der Waals surface area contributed by atoms with Gasteiger partial charge in [-0.1, -0.05) is 6.58 Å². The summed E-state index contributed by atoms with van der Waals surface area (Å²) in [6, 6.07) is 5.03. The van der Waals surface area contributed by atoms with E-state index >= 15 is 0 Å². The second-order valence-corrected chi connectivity index (χ2v) is 5.83. The molecule has 0 fully saturated rings. The topological polar surface area (TPSA) is 99.6 Å². The molecular formula is C13H6N2O4S. The normalized spacial score (nSPS) is 17.8. The van der Waals surface area contributed by atoms with E-state index in [-0.39, 0.29) is 26.5 Å². The Kier molecular flexibility index (Phi) is 2.93. The highest BCUT2D eigenvalue weighted by atomic mass is 32.2. The van der Waals surface area contributed by atoms with E-state index in [0.29, 0.717) is 0 Å². The van der Waals surface area contributed by atoms with Gasteiger partial charge in [0.15, 0.2) is 0 Å². The fourth-order valence-corrected chi connectivity index (χ4v) is 3.34. The third kappa shape index (κ3) is 1.69. The standard InChI is InChI=1S/C13H6N2O4S/c1-7-12(10(6-14)15-2)9-5-8(13(16)17)3-4-11(9)20(7,18)19/h3-5H,1H2,(H,16,17)/b12-10+. The molecule has 0 bridgehead atoms. The van der Waals surface area contributed by atoms with Crippen LogP contribution in [0.3, 0.4) is 0 Å².